The highest BCUT2D eigenvalue weighted by Crippen LogP contribution is 2.32. The van der Waals surface area contributed by atoms with Crippen LogP contribution in [0, 0.1) is 0 Å². The molecule has 0 saturated heterocycles. The van der Waals surface area contributed by atoms with E-state index in [9.17, 15) is 14.4 Å². The summed E-state index contributed by atoms with van der Waals surface area (Å²) in [5.74, 6) is -1.90. The maximum Gasteiger partial charge on any atom is 0.408 e. The average Bonchev–Trinajstić information content (AvgIpc) is 3.21. The summed E-state index contributed by atoms with van der Waals surface area (Å²) in [7, 11) is 0. The first-order chi connectivity index (χ1) is 15.8. The van der Waals surface area contributed by atoms with Gasteiger partial charge < -0.3 is 15.2 Å². The van der Waals surface area contributed by atoms with Gasteiger partial charge in [-0.25, -0.2) is 4.79 Å². The zero-order valence-corrected chi connectivity index (χ0v) is 19.2. The van der Waals surface area contributed by atoms with Crippen LogP contribution >= 0.6 is 35.0 Å². The number of aromatic nitrogens is 4. The van der Waals surface area contributed by atoms with Crippen molar-refractivity contribution in [2.24, 2.45) is 0 Å². The third kappa shape index (κ3) is 7.74. The molecule has 13 heteroatoms. The number of nitrogens with one attached hydrogen (secondary N) is 1. The number of nitrogens with zero attached hydrogens (tertiary/aromatic N) is 4. The van der Waals surface area contributed by atoms with Crippen molar-refractivity contribution in [3.8, 4) is 0 Å². The lowest BCUT2D eigenvalue weighted by molar-refractivity contribution is -0.139. The molecule has 10 nitrogen and oxygen atoms in total. The zero-order chi connectivity index (χ0) is 23.8. The third-order valence-electron chi connectivity index (χ3n) is 4.10. The second kappa shape index (κ2) is 11.6. The number of alkyl carbamates (subject to hydrolysis) is 1. The molecular formula is C20H17Cl2N5O5S. The second-order valence-electron chi connectivity index (χ2n) is 6.60. The number of carboxylic acids is 1. The first kappa shape index (κ1) is 24.5. The largest absolute Gasteiger partial charge is 0.481 e. The third-order valence-corrected chi connectivity index (χ3v) is 5.68. The van der Waals surface area contributed by atoms with Gasteiger partial charge in [-0.2, -0.15) is 4.80 Å². The van der Waals surface area contributed by atoms with Gasteiger partial charge in [-0.3, -0.25) is 9.59 Å². The van der Waals surface area contributed by atoms with Gasteiger partial charge in [0.15, 0.2) is 5.78 Å². The minimum Gasteiger partial charge on any atom is -0.481 e. The van der Waals surface area contributed by atoms with Gasteiger partial charge in [-0.1, -0.05) is 53.5 Å². The number of Topliss-reactive ketones (excluding diaryl/α,β-unsaturated/α-hetero) is 1. The molecular weight excluding hydrogens is 493 g/mol. The van der Waals surface area contributed by atoms with Gasteiger partial charge in [-0.05, 0) is 40.7 Å². The highest BCUT2D eigenvalue weighted by Gasteiger charge is 2.25. The summed E-state index contributed by atoms with van der Waals surface area (Å²) in [5, 5.41) is 24.2. The van der Waals surface area contributed by atoms with Crippen LogP contribution in [0.3, 0.4) is 0 Å². The number of ether oxygens (including phenoxy) is 1. The molecule has 172 valence electrons. The fourth-order valence-electron chi connectivity index (χ4n) is 2.57. The van der Waals surface area contributed by atoms with Crippen molar-refractivity contribution in [2.45, 2.75) is 35.7 Å². The molecule has 1 atom stereocenters. The number of benzene rings is 2. The Morgan fingerprint density at radius 1 is 1.15 bits per heavy atom. The maximum atomic E-state index is 12.6. The first-order valence-corrected chi connectivity index (χ1v) is 11.0. The van der Waals surface area contributed by atoms with E-state index in [4.69, 9.17) is 33.0 Å². The molecule has 3 aromatic rings. The number of rotatable bonds is 10. The Labute approximate surface area is 202 Å². The molecule has 1 amide bonds. The number of amides is 1. The van der Waals surface area contributed by atoms with E-state index in [1.807, 2.05) is 6.07 Å². The summed E-state index contributed by atoms with van der Waals surface area (Å²) in [4.78, 5) is 37.5. The van der Waals surface area contributed by atoms with E-state index in [2.05, 4.69) is 20.7 Å². The molecule has 1 heterocycles. The van der Waals surface area contributed by atoms with Crippen LogP contribution in [-0.4, -0.2) is 49.2 Å². The van der Waals surface area contributed by atoms with Gasteiger partial charge in [0.1, 0.15) is 19.2 Å². The van der Waals surface area contributed by atoms with E-state index in [1.165, 1.54) is 0 Å². The molecule has 1 unspecified atom stereocenters. The Morgan fingerprint density at radius 3 is 2.61 bits per heavy atom. The zero-order valence-electron chi connectivity index (χ0n) is 16.9. The van der Waals surface area contributed by atoms with Crippen LogP contribution in [0.2, 0.25) is 10.0 Å². The minimum absolute atomic E-state index is 0.0286. The topological polar surface area (TPSA) is 136 Å². The average molecular weight is 510 g/mol. The molecule has 0 bridgehead atoms. The number of aliphatic carboxylic acids is 1. The molecule has 33 heavy (non-hydrogen) atoms. The van der Waals surface area contributed by atoms with Crippen molar-refractivity contribution in [1.29, 1.82) is 0 Å². The molecule has 3 rings (SSSR count). The lowest BCUT2D eigenvalue weighted by atomic mass is 10.1. The van der Waals surface area contributed by atoms with E-state index in [1.54, 1.807) is 42.5 Å². The SMILES string of the molecule is O=C(O)CC(NC(=O)OCc1ccccc1)C(=O)Cn1nnc(Sc2ccc(Cl)cc2Cl)n1. The predicted octanol–water partition coefficient (Wildman–Crippen LogP) is 3.47. The summed E-state index contributed by atoms with van der Waals surface area (Å²) < 4.78 is 5.06. The summed E-state index contributed by atoms with van der Waals surface area (Å²) in [6.45, 7) is -0.433. The van der Waals surface area contributed by atoms with Crippen LogP contribution < -0.4 is 5.32 Å². The minimum atomic E-state index is -1.33. The van der Waals surface area contributed by atoms with Crippen molar-refractivity contribution in [3.05, 3.63) is 64.1 Å². The lowest BCUT2D eigenvalue weighted by Crippen LogP contribution is -2.44. The van der Waals surface area contributed by atoms with Gasteiger partial charge >= 0.3 is 12.1 Å². The number of hydrogen-bond acceptors (Lipinski definition) is 8. The predicted molar refractivity (Wildman–Crippen MR) is 119 cm³/mol. The monoisotopic (exact) mass is 509 g/mol. The molecule has 2 aromatic carbocycles. The summed E-state index contributed by atoms with van der Waals surface area (Å²) >= 11 is 13.1. The van der Waals surface area contributed by atoms with Crippen molar-refractivity contribution >= 4 is 52.8 Å². The van der Waals surface area contributed by atoms with Crippen molar-refractivity contribution in [1.82, 2.24) is 25.5 Å². The molecule has 0 aliphatic heterocycles. The fraction of sp³-hybridized carbons (Fsp3) is 0.200. The van der Waals surface area contributed by atoms with Crippen molar-refractivity contribution < 1.29 is 24.2 Å². The summed E-state index contributed by atoms with van der Waals surface area (Å²) in [6, 6.07) is 12.5. The molecule has 0 saturated carbocycles. The molecule has 0 aliphatic carbocycles. The summed E-state index contributed by atoms with van der Waals surface area (Å²) in [6.07, 6.45) is -1.55. The van der Waals surface area contributed by atoms with Gasteiger partial charge in [-0.15, -0.1) is 10.2 Å². The Hall–Kier alpha value is -3.15. The Kier molecular flexibility index (Phi) is 8.64. The molecule has 0 spiro atoms. The quantitative estimate of drug-likeness (QED) is 0.420. The maximum absolute atomic E-state index is 12.6. The number of ketones is 1. The highest BCUT2D eigenvalue weighted by atomic mass is 35.5. The fourth-order valence-corrected chi connectivity index (χ4v) is 3.80. The number of hydrogen-bond donors (Lipinski definition) is 2. The standard InChI is InChI=1S/C20H17Cl2N5O5S/c21-13-6-7-17(14(22)8-13)33-19-24-26-27(25-19)10-16(28)15(9-18(29)30)23-20(31)32-11-12-4-2-1-3-5-12/h1-8,15H,9-11H2,(H,23,31)(H,29,30). The number of tetrazole rings is 1. The molecule has 1 aromatic heterocycles. The molecule has 0 fully saturated rings. The highest BCUT2D eigenvalue weighted by molar-refractivity contribution is 7.99. The molecule has 0 radical (unpaired) electrons. The van der Waals surface area contributed by atoms with E-state index < -0.39 is 36.9 Å². The van der Waals surface area contributed by atoms with Gasteiger partial charge in [0.05, 0.1) is 11.4 Å². The summed E-state index contributed by atoms with van der Waals surface area (Å²) in [5.41, 5.74) is 0.742. The Balaban J connectivity index is 1.59. The lowest BCUT2D eigenvalue weighted by Gasteiger charge is -2.15. The normalized spacial score (nSPS) is 11.6. The smallest absolute Gasteiger partial charge is 0.408 e. The molecule has 0 aliphatic rings. The number of carbonyl (C=O) groups excluding carboxylic acids is 2. The number of carboxylic acid groups (broad SMARTS) is 1. The van der Waals surface area contributed by atoms with E-state index in [0.717, 1.165) is 22.1 Å². The van der Waals surface area contributed by atoms with E-state index in [-0.39, 0.29) is 11.8 Å². The first-order valence-electron chi connectivity index (χ1n) is 9.42. The van der Waals surface area contributed by atoms with Gasteiger partial charge in [0, 0.05) is 9.92 Å². The van der Waals surface area contributed by atoms with Crippen LogP contribution in [0.4, 0.5) is 4.79 Å². The van der Waals surface area contributed by atoms with Crippen LogP contribution in [0.1, 0.15) is 12.0 Å². The van der Waals surface area contributed by atoms with Crippen LogP contribution in [0.15, 0.2) is 58.6 Å². The van der Waals surface area contributed by atoms with Crippen LogP contribution in [-0.2, 0) is 27.5 Å². The number of carbonyl (C=O) groups is 3. The van der Waals surface area contributed by atoms with Crippen molar-refractivity contribution in [2.75, 3.05) is 0 Å². The van der Waals surface area contributed by atoms with Gasteiger partial charge in [0.25, 0.3) is 0 Å². The Bertz CT molecular complexity index is 1140. The van der Waals surface area contributed by atoms with Crippen molar-refractivity contribution in [3.63, 3.8) is 0 Å². The van der Waals surface area contributed by atoms with E-state index >= 15 is 0 Å². The molecule has 2 N–H and O–H groups in total. The van der Waals surface area contributed by atoms with Gasteiger partial charge in [0.2, 0.25) is 5.16 Å². The Morgan fingerprint density at radius 2 is 1.91 bits per heavy atom. The second-order valence-corrected chi connectivity index (χ2v) is 8.45. The van der Waals surface area contributed by atoms with E-state index in [0.29, 0.717) is 14.9 Å². The van der Waals surface area contributed by atoms with Crippen LogP contribution in [0.5, 0.6) is 0 Å². The number of halogens is 2. The van der Waals surface area contributed by atoms with Crippen LogP contribution in [0.25, 0.3) is 0 Å².